The predicted octanol–water partition coefficient (Wildman–Crippen LogP) is 0.934. The van der Waals surface area contributed by atoms with Gasteiger partial charge in [-0.25, -0.2) is 0 Å². The second kappa shape index (κ2) is 5.61. The summed E-state index contributed by atoms with van der Waals surface area (Å²) in [6.07, 6.45) is 4.81. The molecular weight excluding hydrogens is 240 g/mol. The Labute approximate surface area is 114 Å². The molecule has 3 rings (SSSR count). The highest BCUT2D eigenvalue weighted by Gasteiger charge is 2.32. The number of aromatic nitrogens is 2. The summed E-state index contributed by atoms with van der Waals surface area (Å²) in [5.74, 6) is 0. The third-order valence-corrected chi connectivity index (χ3v) is 4.42. The molecule has 2 aliphatic rings. The zero-order valence-electron chi connectivity index (χ0n) is 11.9. The molecule has 0 spiro atoms. The molecule has 2 fully saturated rings. The molecule has 106 valence electrons. The summed E-state index contributed by atoms with van der Waals surface area (Å²) in [6.45, 7) is 6.33. The van der Waals surface area contributed by atoms with Crippen molar-refractivity contribution in [2.75, 3.05) is 26.2 Å². The summed E-state index contributed by atoms with van der Waals surface area (Å²) in [5, 5.41) is 7.78. The van der Waals surface area contributed by atoms with Crippen molar-refractivity contribution in [3.63, 3.8) is 0 Å². The maximum absolute atomic E-state index is 5.96. The minimum Gasteiger partial charge on any atom is -0.374 e. The normalized spacial score (nSPS) is 29.4. The van der Waals surface area contributed by atoms with Gasteiger partial charge in [0.1, 0.15) is 0 Å². The molecule has 19 heavy (non-hydrogen) atoms. The first-order valence-corrected chi connectivity index (χ1v) is 7.31. The van der Waals surface area contributed by atoms with Crippen molar-refractivity contribution < 1.29 is 4.74 Å². The van der Waals surface area contributed by atoms with Crippen LogP contribution in [0.25, 0.3) is 0 Å². The third kappa shape index (κ3) is 2.83. The van der Waals surface area contributed by atoms with Gasteiger partial charge >= 0.3 is 0 Å². The molecule has 1 aromatic rings. The maximum Gasteiger partial charge on any atom is 0.0827 e. The van der Waals surface area contributed by atoms with E-state index in [0.29, 0.717) is 18.2 Å². The van der Waals surface area contributed by atoms with Gasteiger partial charge in [-0.05, 0) is 32.4 Å². The first-order valence-electron chi connectivity index (χ1n) is 7.31. The molecule has 2 aliphatic heterocycles. The Morgan fingerprint density at radius 2 is 2.47 bits per heavy atom. The van der Waals surface area contributed by atoms with E-state index in [1.165, 1.54) is 25.1 Å². The fourth-order valence-electron chi connectivity index (χ4n) is 3.23. The van der Waals surface area contributed by atoms with E-state index in [4.69, 9.17) is 4.74 Å². The van der Waals surface area contributed by atoms with Crippen LogP contribution in [-0.4, -0.2) is 53.1 Å². The topological polar surface area (TPSA) is 42.3 Å². The number of fused-ring (bicyclic) bond motifs is 1. The van der Waals surface area contributed by atoms with E-state index in [1.54, 1.807) is 0 Å². The largest absolute Gasteiger partial charge is 0.374 e. The van der Waals surface area contributed by atoms with Gasteiger partial charge in [-0.1, -0.05) is 0 Å². The first-order chi connectivity index (χ1) is 9.24. The van der Waals surface area contributed by atoms with Crippen LogP contribution >= 0.6 is 0 Å². The Kier molecular flexibility index (Phi) is 3.86. The number of rotatable bonds is 4. The van der Waals surface area contributed by atoms with Crippen molar-refractivity contribution in [3.8, 4) is 0 Å². The lowest BCUT2D eigenvalue weighted by Crippen LogP contribution is -2.49. The van der Waals surface area contributed by atoms with Crippen LogP contribution in [0.1, 0.15) is 31.5 Å². The molecular formula is C14H24N4O. The van der Waals surface area contributed by atoms with Crippen LogP contribution in [0.2, 0.25) is 0 Å². The highest BCUT2D eigenvalue weighted by Crippen LogP contribution is 2.22. The predicted molar refractivity (Wildman–Crippen MR) is 74.0 cm³/mol. The molecule has 0 aliphatic carbocycles. The average molecular weight is 264 g/mol. The van der Waals surface area contributed by atoms with Gasteiger partial charge in [-0.3, -0.25) is 9.58 Å². The minimum absolute atomic E-state index is 0.312. The van der Waals surface area contributed by atoms with E-state index < -0.39 is 0 Å². The molecule has 1 aromatic heterocycles. The van der Waals surface area contributed by atoms with Crippen molar-refractivity contribution in [3.05, 3.63) is 18.0 Å². The van der Waals surface area contributed by atoms with Gasteiger partial charge in [-0.15, -0.1) is 0 Å². The van der Waals surface area contributed by atoms with Crippen LogP contribution in [0.3, 0.4) is 0 Å². The summed E-state index contributed by atoms with van der Waals surface area (Å²) in [4.78, 5) is 2.59. The van der Waals surface area contributed by atoms with Crippen molar-refractivity contribution in [2.24, 2.45) is 7.05 Å². The SMILES string of the molecule is CC(NCC1CN2CCCC2CO1)c1ccnn1C. The fraction of sp³-hybridized carbons (Fsp3) is 0.786. The van der Waals surface area contributed by atoms with Gasteiger partial charge < -0.3 is 10.1 Å². The van der Waals surface area contributed by atoms with E-state index in [0.717, 1.165) is 19.7 Å². The van der Waals surface area contributed by atoms with E-state index in [9.17, 15) is 0 Å². The van der Waals surface area contributed by atoms with Gasteiger partial charge in [-0.2, -0.15) is 5.10 Å². The van der Waals surface area contributed by atoms with Crippen LogP contribution < -0.4 is 5.32 Å². The van der Waals surface area contributed by atoms with E-state index in [1.807, 2.05) is 17.9 Å². The van der Waals surface area contributed by atoms with E-state index >= 15 is 0 Å². The Balaban J connectivity index is 1.48. The van der Waals surface area contributed by atoms with Crippen molar-refractivity contribution >= 4 is 0 Å². The van der Waals surface area contributed by atoms with Crippen LogP contribution in [0.4, 0.5) is 0 Å². The Bertz CT molecular complexity index is 419. The number of aryl methyl sites for hydroxylation is 1. The molecule has 3 unspecified atom stereocenters. The average Bonchev–Trinajstić information content (AvgIpc) is 3.03. The summed E-state index contributed by atoms with van der Waals surface area (Å²) in [6, 6.07) is 3.06. The Hall–Kier alpha value is -0.910. The number of nitrogens with zero attached hydrogens (tertiary/aromatic N) is 3. The van der Waals surface area contributed by atoms with Crippen molar-refractivity contribution in [1.82, 2.24) is 20.0 Å². The lowest BCUT2D eigenvalue weighted by atomic mass is 10.1. The summed E-state index contributed by atoms with van der Waals surface area (Å²) in [5.41, 5.74) is 1.22. The molecule has 2 saturated heterocycles. The summed E-state index contributed by atoms with van der Waals surface area (Å²) >= 11 is 0. The fourth-order valence-corrected chi connectivity index (χ4v) is 3.23. The van der Waals surface area contributed by atoms with Crippen LogP contribution in [0, 0.1) is 0 Å². The van der Waals surface area contributed by atoms with E-state index in [2.05, 4.69) is 28.3 Å². The third-order valence-electron chi connectivity index (χ3n) is 4.42. The molecule has 3 heterocycles. The number of hydrogen-bond acceptors (Lipinski definition) is 4. The summed E-state index contributed by atoms with van der Waals surface area (Å²) < 4.78 is 7.89. The van der Waals surface area contributed by atoms with Gasteiger partial charge in [0, 0.05) is 38.4 Å². The number of ether oxygens (including phenoxy) is 1. The highest BCUT2D eigenvalue weighted by molar-refractivity contribution is 5.05. The van der Waals surface area contributed by atoms with Crippen LogP contribution in [0.5, 0.6) is 0 Å². The minimum atomic E-state index is 0.312. The maximum atomic E-state index is 5.96. The first kappa shape index (κ1) is 13.1. The standard InChI is InChI=1S/C14H24N4O/c1-11(14-5-6-16-17(14)2)15-8-13-9-18-7-3-4-12(18)10-19-13/h5-6,11-13,15H,3-4,7-10H2,1-2H3. The number of hydrogen-bond donors (Lipinski definition) is 1. The Morgan fingerprint density at radius 1 is 1.58 bits per heavy atom. The number of morpholine rings is 1. The molecule has 0 aromatic carbocycles. The second-order valence-corrected chi connectivity index (χ2v) is 5.76. The lowest BCUT2D eigenvalue weighted by Gasteiger charge is -2.35. The van der Waals surface area contributed by atoms with E-state index in [-0.39, 0.29) is 0 Å². The molecule has 0 radical (unpaired) electrons. The van der Waals surface area contributed by atoms with Gasteiger partial charge in [0.15, 0.2) is 0 Å². The molecule has 5 heteroatoms. The molecule has 1 N–H and O–H groups in total. The van der Waals surface area contributed by atoms with Crippen LogP contribution in [0.15, 0.2) is 12.3 Å². The quantitative estimate of drug-likeness (QED) is 0.878. The molecule has 0 saturated carbocycles. The van der Waals surface area contributed by atoms with Gasteiger partial charge in [0.05, 0.1) is 18.4 Å². The zero-order chi connectivity index (χ0) is 13.2. The lowest BCUT2D eigenvalue weighted by molar-refractivity contribution is -0.0478. The number of nitrogens with one attached hydrogen (secondary N) is 1. The summed E-state index contributed by atoms with van der Waals surface area (Å²) in [7, 11) is 1.99. The van der Waals surface area contributed by atoms with Crippen LogP contribution in [-0.2, 0) is 11.8 Å². The second-order valence-electron chi connectivity index (χ2n) is 5.76. The molecule has 5 nitrogen and oxygen atoms in total. The van der Waals surface area contributed by atoms with Gasteiger partial charge in [0.25, 0.3) is 0 Å². The monoisotopic (exact) mass is 264 g/mol. The molecule has 0 bridgehead atoms. The Morgan fingerprint density at radius 3 is 3.26 bits per heavy atom. The zero-order valence-corrected chi connectivity index (χ0v) is 11.9. The molecule has 3 atom stereocenters. The van der Waals surface area contributed by atoms with Gasteiger partial charge in [0.2, 0.25) is 0 Å². The molecule has 0 amide bonds. The van der Waals surface area contributed by atoms with Crippen molar-refractivity contribution in [2.45, 2.75) is 38.0 Å². The highest BCUT2D eigenvalue weighted by atomic mass is 16.5. The van der Waals surface area contributed by atoms with Crippen molar-refractivity contribution in [1.29, 1.82) is 0 Å². The smallest absolute Gasteiger partial charge is 0.0827 e.